The van der Waals surface area contributed by atoms with E-state index in [2.05, 4.69) is 52.0 Å². The van der Waals surface area contributed by atoms with Gasteiger partial charge in [0.15, 0.2) is 17.2 Å². The Labute approximate surface area is 203 Å². The molecular formula is C20H24BrN9O4. The topological polar surface area (TPSA) is 170 Å². The van der Waals surface area contributed by atoms with Gasteiger partial charge in [-0.15, -0.1) is 5.10 Å². The van der Waals surface area contributed by atoms with E-state index >= 15 is 0 Å². The second-order valence-corrected chi connectivity index (χ2v) is 8.57. The van der Waals surface area contributed by atoms with E-state index in [1.165, 1.54) is 30.8 Å². The van der Waals surface area contributed by atoms with Gasteiger partial charge in [-0.05, 0) is 69.9 Å². The molecule has 4 rings (SSSR count). The molecule has 2 aromatic heterocycles. The summed E-state index contributed by atoms with van der Waals surface area (Å²) in [4.78, 5) is 15.2. The number of aromatic nitrogens is 5. The van der Waals surface area contributed by atoms with Gasteiger partial charge >= 0.3 is 0 Å². The van der Waals surface area contributed by atoms with Crippen molar-refractivity contribution in [2.75, 3.05) is 25.9 Å². The zero-order valence-electron chi connectivity index (χ0n) is 18.4. The number of likely N-dealkylation sites (tertiary alicyclic amines) is 1. The van der Waals surface area contributed by atoms with Crippen molar-refractivity contribution >= 4 is 33.9 Å². The maximum absolute atomic E-state index is 13.0. The van der Waals surface area contributed by atoms with Gasteiger partial charge in [-0.1, -0.05) is 18.1 Å². The van der Waals surface area contributed by atoms with Crippen LogP contribution >= 0.6 is 15.9 Å². The molecular weight excluding hydrogens is 510 g/mol. The molecule has 1 aliphatic heterocycles. The summed E-state index contributed by atoms with van der Waals surface area (Å²) in [7, 11) is 1.44. The highest BCUT2D eigenvalue weighted by atomic mass is 79.9. The summed E-state index contributed by atoms with van der Waals surface area (Å²) in [5.41, 5.74) is 9.51. The Morgan fingerprint density at radius 2 is 2.09 bits per heavy atom. The quantitative estimate of drug-likeness (QED) is 0.300. The number of ether oxygens (including phenoxy) is 1. The first-order chi connectivity index (χ1) is 16.5. The van der Waals surface area contributed by atoms with Crippen LogP contribution in [0.15, 0.2) is 26.3 Å². The number of carbonyl (C=O) groups is 1. The number of nitrogens with two attached hydrogens (primary N) is 1. The van der Waals surface area contributed by atoms with Gasteiger partial charge in [0.05, 0.1) is 23.5 Å². The van der Waals surface area contributed by atoms with Crippen LogP contribution in [0.2, 0.25) is 0 Å². The maximum atomic E-state index is 13.0. The van der Waals surface area contributed by atoms with Gasteiger partial charge in [0, 0.05) is 6.54 Å². The number of nitrogens with zero attached hydrogens (tertiary/aromatic N) is 7. The number of nitrogen functional groups attached to an aromatic ring is 1. The number of carbonyl (C=O) groups excluding carboxylic acids is 1. The molecule has 0 atom stereocenters. The summed E-state index contributed by atoms with van der Waals surface area (Å²) >= 11 is 3.25. The molecule has 0 aliphatic carbocycles. The van der Waals surface area contributed by atoms with Crippen molar-refractivity contribution in [2.24, 2.45) is 5.10 Å². The number of amides is 1. The molecule has 14 heteroatoms. The highest BCUT2D eigenvalue weighted by Crippen LogP contribution is 2.34. The molecule has 3 aromatic rings. The number of nitrogens with one attached hydrogen (secondary N) is 1. The number of hydrogen-bond acceptors (Lipinski definition) is 11. The van der Waals surface area contributed by atoms with Crippen molar-refractivity contribution in [1.29, 1.82) is 0 Å². The number of phenols is 1. The third kappa shape index (κ3) is 5.17. The highest BCUT2D eigenvalue weighted by Gasteiger charge is 2.25. The van der Waals surface area contributed by atoms with Crippen LogP contribution in [0, 0.1) is 0 Å². The summed E-state index contributed by atoms with van der Waals surface area (Å²) in [5, 5.41) is 29.5. The predicted molar refractivity (Wildman–Crippen MR) is 125 cm³/mol. The number of benzene rings is 1. The van der Waals surface area contributed by atoms with Gasteiger partial charge in [0.1, 0.15) is 0 Å². The number of hydrazone groups is 1. The van der Waals surface area contributed by atoms with Crippen LogP contribution in [0.4, 0.5) is 5.82 Å². The zero-order chi connectivity index (χ0) is 24.1. The lowest BCUT2D eigenvalue weighted by atomic mass is 10.2. The second-order valence-electron chi connectivity index (χ2n) is 7.71. The van der Waals surface area contributed by atoms with Crippen LogP contribution in [0.3, 0.4) is 0 Å². The maximum Gasteiger partial charge on any atom is 0.293 e. The van der Waals surface area contributed by atoms with Crippen LogP contribution in [0.1, 0.15) is 47.4 Å². The van der Waals surface area contributed by atoms with Crippen LogP contribution in [0.5, 0.6) is 11.5 Å². The smallest absolute Gasteiger partial charge is 0.293 e. The first kappa shape index (κ1) is 23.6. The summed E-state index contributed by atoms with van der Waals surface area (Å²) in [6.07, 6.45) is 5.92. The number of rotatable bonds is 7. The fourth-order valence-corrected chi connectivity index (χ4v) is 4.14. The molecule has 0 spiro atoms. The SMILES string of the molecule is COc1cc(/C=N/NC(=O)c2nnn(-c3nonc3N)c2CN2CCCCCC2)cc(Br)c1O. The molecule has 3 heterocycles. The van der Waals surface area contributed by atoms with Gasteiger partial charge in [-0.25, -0.2) is 10.1 Å². The minimum Gasteiger partial charge on any atom is -0.503 e. The Morgan fingerprint density at radius 1 is 1.32 bits per heavy atom. The van der Waals surface area contributed by atoms with Crippen LogP contribution < -0.4 is 15.9 Å². The summed E-state index contributed by atoms with van der Waals surface area (Å²) < 4.78 is 11.6. The largest absolute Gasteiger partial charge is 0.503 e. The standard InChI is InChI=1S/C20H24BrN9O4/c1-33-15-9-12(8-13(21)17(15)31)10-23-25-20(32)16-14(11-29-6-4-2-3-5-7-29)30(28-24-16)19-18(22)26-34-27-19/h8-10,31H,2-7,11H2,1H3,(H2,22,26)(H,25,32)/b23-10+. The van der Waals surface area contributed by atoms with Crippen LogP contribution in [0.25, 0.3) is 5.82 Å². The Morgan fingerprint density at radius 3 is 2.76 bits per heavy atom. The lowest BCUT2D eigenvalue weighted by molar-refractivity contribution is 0.0947. The van der Waals surface area contributed by atoms with Gasteiger partial charge in [0.25, 0.3) is 5.91 Å². The van der Waals surface area contributed by atoms with Crippen molar-refractivity contribution in [3.05, 3.63) is 33.6 Å². The molecule has 0 radical (unpaired) electrons. The lowest BCUT2D eigenvalue weighted by Gasteiger charge is -2.20. The molecule has 1 saturated heterocycles. The van der Waals surface area contributed by atoms with Gasteiger partial charge in [-0.3, -0.25) is 9.69 Å². The van der Waals surface area contributed by atoms with Crippen LogP contribution in [-0.4, -0.2) is 67.6 Å². The third-order valence-corrected chi connectivity index (χ3v) is 6.00. The Bertz CT molecular complexity index is 1180. The first-order valence-corrected chi connectivity index (χ1v) is 11.4. The van der Waals surface area contributed by atoms with Gasteiger partial charge < -0.3 is 15.6 Å². The molecule has 1 fully saturated rings. The zero-order valence-corrected chi connectivity index (χ0v) is 20.0. The Hall–Kier alpha value is -3.52. The van der Waals surface area contributed by atoms with Crippen molar-refractivity contribution in [2.45, 2.75) is 32.2 Å². The van der Waals surface area contributed by atoms with E-state index in [-0.39, 0.29) is 28.8 Å². The molecule has 0 saturated carbocycles. The average molecular weight is 534 g/mol. The lowest BCUT2D eigenvalue weighted by Crippen LogP contribution is -2.28. The summed E-state index contributed by atoms with van der Waals surface area (Å²) in [6.45, 7) is 2.22. The van der Waals surface area contributed by atoms with E-state index < -0.39 is 5.91 Å². The second kappa shape index (κ2) is 10.6. The van der Waals surface area contributed by atoms with E-state index in [1.54, 1.807) is 12.1 Å². The van der Waals surface area contributed by atoms with E-state index in [0.29, 0.717) is 22.3 Å². The molecule has 0 unspecified atom stereocenters. The highest BCUT2D eigenvalue weighted by molar-refractivity contribution is 9.10. The molecule has 1 aliphatic rings. The molecule has 180 valence electrons. The molecule has 4 N–H and O–H groups in total. The van der Waals surface area contributed by atoms with E-state index in [1.807, 2.05) is 0 Å². The molecule has 0 bridgehead atoms. The monoisotopic (exact) mass is 533 g/mol. The summed E-state index contributed by atoms with van der Waals surface area (Å²) in [5.74, 6) is -0.101. The van der Waals surface area contributed by atoms with Gasteiger partial charge in [0.2, 0.25) is 11.6 Å². The fraction of sp³-hybridized carbons (Fsp3) is 0.400. The normalized spacial score (nSPS) is 14.9. The molecule has 34 heavy (non-hydrogen) atoms. The van der Waals surface area contributed by atoms with E-state index in [4.69, 9.17) is 15.1 Å². The predicted octanol–water partition coefficient (Wildman–Crippen LogP) is 1.85. The average Bonchev–Trinajstić information content (AvgIpc) is 3.33. The number of phenolic OH excluding ortho intramolecular Hbond substituents is 1. The van der Waals surface area contributed by atoms with Crippen molar-refractivity contribution in [3.8, 4) is 17.3 Å². The minimum absolute atomic E-state index is 0.0277. The van der Waals surface area contributed by atoms with E-state index in [9.17, 15) is 9.90 Å². The Kier molecular flexibility index (Phi) is 7.37. The Balaban J connectivity index is 1.57. The number of methoxy groups -OCH3 is 1. The summed E-state index contributed by atoms with van der Waals surface area (Å²) in [6, 6.07) is 3.21. The number of hydrogen-bond donors (Lipinski definition) is 3. The fourth-order valence-electron chi connectivity index (χ4n) is 3.68. The van der Waals surface area contributed by atoms with Gasteiger partial charge in [-0.2, -0.15) is 9.78 Å². The molecule has 13 nitrogen and oxygen atoms in total. The molecule has 1 amide bonds. The number of halogens is 1. The molecule has 1 aromatic carbocycles. The third-order valence-electron chi connectivity index (χ3n) is 5.40. The van der Waals surface area contributed by atoms with Crippen molar-refractivity contribution in [1.82, 2.24) is 35.6 Å². The first-order valence-electron chi connectivity index (χ1n) is 10.6. The van der Waals surface area contributed by atoms with E-state index in [0.717, 1.165) is 25.9 Å². The van der Waals surface area contributed by atoms with Crippen LogP contribution in [-0.2, 0) is 6.54 Å². The minimum atomic E-state index is -0.549. The van der Waals surface area contributed by atoms with Crippen molar-refractivity contribution in [3.63, 3.8) is 0 Å². The van der Waals surface area contributed by atoms with Crippen molar-refractivity contribution < 1.29 is 19.3 Å². The number of aromatic hydroxyl groups is 1. The number of anilines is 1.